The molecule has 1 aliphatic rings. The molecule has 1 fully saturated rings. The van der Waals surface area contributed by atoms with Crippen LogP contribution in [-0.4, -0.2) is 49.9 Å². The second-order valence-electron chi connectivity index (χ2n) is 7.13. The van der Waals surface area contributed by atoms with Crippen LogP contribution in [-0.2, 0) is 14.8 Å². The zero-order valence-electron chi connectivity index (χ0n) is 16.5. The lowest BCUT2D eigenvalue weighted by Gasteiger charge is -2.32. The van der Waals surface area contributed by atoms with Crippen LogP contribution in [0.5, 0.6) is 5.75 Å². The highest BCUT2D eigenvalue weighted by atomic mass is 32.2. The second kappa shape index (κ2) is 9.23. The summed E-state index contributed by atoms with van der Waals surface area (Å²) in [5.74, 6) is 0.479. The average molecular weight is 433 g/mol. The van der Waals surface area contributed by atoms with Crippen molar-refractivity contribution in [2.24, 2.45) is 0 Å². The fourth-order valence-corrected chi connectivity index (χ4v) is 4.46. The van der Waals surface area contributed by atoms with Gasteiger partial charge in [-0.15, -0.1) is 0 Å². The highest BCUT2D eigenvalue weighted by molar-refractivity contribution is 7.89. The Hall–Kier alpha value is -2.98. The highest BCUT2D eigenvalue weighted by Gasteiger charge is 2.27. The number of hydrogen-bond donors (Lipinski definition) is 1. The van der Waals surface area contributed by atoms with E-state index in [1.807, 2.05) is 31.2 Å². The van der Waals surface area contributed by atoms with Gasteiger partial charge in [0.05, 0.1) is 9.82 Å². The molecule has 0 spiro atoms. The van der Waals surface area contributed by atoms with Crippen molar-refractivity contribution in [1.29, 1.82) is 0 Å². The number of carbonyl (C=O) groups is 1. The Morgan fingerprint density at radius 2 is 1.73 bits per heavy atom. The van der Waals surface area contributed by atoms with E-state index in [-0.39, 0.29) is 29.1 Å². The Labute approximate surface area is 174 Å². The van der Waals surface area contributed by atoms with E-state index in [1.165, 1.54) is 12.1 Å². The summed E-state index contributed by atoms with van der Waals surface area (Å²) in [5, 5.41) is 10.7. The number of likely N-dealkylation sites (tertiary alicyclic amines) is 1. The maximum absolute atomic E-state index is 12.5. The number of carbonyl (C=O) groups excluding carboxylic acids is 1. The first-order chi connectivity index (χ1) is 14.2. The number of sulfonamides is 1. The maximum Gasteiger partial charge on any atom is 0.269 e. The van der Waals surface area contributed by atoms with Gasteiger partial charge < -0.3 is 9.64 Å². The molecule has 1 N–H and O–H groups in total. The van der Waals surface area contributed by atoms with Crippen LogP contribution in [0.3, 0.4) is 0 Å². The Morgan fingerprint density at radius 1 is 1.13 bits per heavy atom. The molecule has 0 atom stereocenters. The molecule has 0 radical (unpaired) electrons. The third-order valence-corrected chi connectivity index (χ3v) is 6.45. The number of nitrogens with one attached hydrogen (secondary N) is 1. The van der Waals surface area contributed by atoms with Gasteiger partial charge in [-0.1, -0.05) is 17.7 Å². The molecule has 0 unspecified atom stereocenters. The molecule has 3 rings (SSSR count). The van der Waals surface area contributed by atoms with E-state index < -0.39 is 14.9 Å². The minimum Gasteiger partial charge on any atom is -0.484 e. The number of aryl methyl sites for hydroxylation is 1. The van der Waals surface area contributed by atoms with Crippen LogP contribution in [0.2, 0.25) is 0 Å². The number of ether oxygens (including phenoxy) is 1. The quantitative estimate of drug-likeness (QED) is 0.528. The maximum atomic E-state index is 12.5. The van der Waals surface area contributed by atoms with Gasteiger partial charge in [0.2, 0.25) is 10.0 Å². The summed E-state index contributed by atoms with van der Waals surface area (Å²) in [5.41, 5.74) is 0.931. The van der Waals surface area contributed by atoms with Crippen LogP contribution in [0.25, 0.3) is 0 Å². The summed E-state index contributed by atoms with van der Waals surface area (Å²) in [6, 6.07) is 11.8. The van der Waals surface area contributed by atoms with E-state index in [0.29, 0.717) is 31.7 Å². The van der Waals surface area contributed by atoms with Crippen LogP contribution >= 0.6 is 0 Å². The van der Waals surface area contributed by atoms with Gasteiger partial charge in [0.15, 0.2) is 6.61 Å². The largest absolute Gasteiger partial charge is 0.484 e. The van der Waals surface area contributed by atoms with E-state index in [0.717, 1.165) is 17.7 Å². The number of amides is 1. The van der Waals surface area contributed by atoms with Crippen LogP contribution in [0, 0.1) is 17.0 Å². The van der Waals surface area contributed by atoms with Gasteiger partial charge >= 0.3 is 0 Å². The third-order valence-electron chi connectivity index (χ3n) is 4.91. The van der Waals surface area contributed by atoms with Gasteiger partial charge in [-0.3, -0.25) is 14.9 Å². The Kier molecular flexibility index (Phi) is 6.68. The van der Waals surface area contributed by atoms with Crippen molar-refractivity contribution in [2.75, 3.05) is 19.7 Å². The third kappa shape index (κ3) is 5.55. The smallest absolute Gasteiger partial charge is 0.269 e. The fraction of sp³-hybridized carbons (Fsp3) is 0.350. The van der Waals surface area contributed by atoms with E-state index in [9.17, 15) is 23.3 Å². The molecule has 9 nitrogen and oxygen atoms in total. The zero-order valence-corrected chi connectivity index (χ0v) is 17.3. The predicted octanol–water partition coefficient (Wildman–Crippen LogP) is 2.25. The number of hydrogen-bond acceptors (Lipinski definition) is 6. The number of nitrogens with zero attached hydrogens (tertiary/aromatic N) is 2. The lowest BCUT2D eigenvalue weighted by Crippen LogP contribution is -2.47. The summed E-state index contributed by atoms with van der Waals surface area (Å²) >= 11 is 0. The monoisotopic (exact) mass is 433 g/mol. The van der Waals surface area contributed by atoms with Gasteiger partial charge in [0.25, 0.3) is 11.6 Å². The first kappa shape index (κ1) is 21.7. The van der Waals surface area contributed by atoms with Crippen molar-refractivity contribution < 1.29 is 22.9 Å². The normalized spacial score (nSPS) is 15.0. The molecule has 1 aliphatic heterocycles. The number of rotatable bonds is 7. The van der Waals surface area contributed by atoms with Gasteiger partial charge in [0.1, 0.15) is 5.75 Å². The molecule has 160 valence electrons. The summed E-state index contributed by atoms with van der Waals surface area (Å²) in [6.07, 6.45) is 0.949. The van der Waals surface area contributed by atoms with E-state index in [1.54, 1.807) is 4.90 Å². The average Bonchev–Trinajstić information content (AvgIpc) is 2.73. The molecular weight excluding hydrogens is 410 g/mol. The highest BCUT2D eigenvalue weighted by Crippen LogP contribution is 2.19. The number of nitro benzene ring substituents is 1. The van der Waals surface area contributed by atoms with Gasteiger partial charge in [0, 0.05) is 31.3 Å². The number of non-ortho nitro benzene ring substituents is 1. The van der Waals surface area contributed by atoms with Gasteiger partial charge in [-0.25, -0.2) is 13.1 Å². The fourth-order valence-electron chi connectivity index (χ4n) is 3.15. The van der Waals surface area contributed by atoms with Gasteiger partial charge in [-0.2, -0.15) is 0 Å². The minimum absolute atomic E-state index is 0.0295. The Morgan fingerprint density at radius 3 is 2.30 bits per heavy atom. The number of benzene rings is 2. The molecule has 30 heavy (non-hydrogen) atoms. The van der Waals surface area contributed by atoms with Crippen molar-refractivity contribution >= 4 is 21.6 Å². The molecule has 2 aromatic carbocycles. The Bertz CT molecular complexity index is 998. The molecule has 0 saturated carbocycles. The first-order valence-corrected chi connectivity index (χ1v) is 11.0. The molecule has 1 amide bonds. The summed E-state index contributed by atoms with van der Waals surface area (Å²) in [7, 11) is -3.79. The summed E-state index contributed by atoms with van der Waals surface area (Å²) in [4.78, 5) is 24.1. The van der Waals surface area contributed by atoms with Crippen molar-refractivity contribution in [1.82, 2.24) is 9.62 Å². The molecule has 0 bridgehead atoms. The van der Waals surface area contributed by atoms with Crippen LogP contribution in [0.15, 0.2) is 53.4 Å². The van der Waals surface area contributed by atoms with Crippen molar-refractivity contribution in [3.63, 3.8) is 0 Å². The molecule has 0 aliphatic carbocycles. The first-order valence-electron chi connectivity index (χ1n) is 9.48. The second-order valence-corrected chi connectivity index (χ2v) is 8.84. The van der Waals surface area contributed by atoms with Crippen LogP contribution in [0.4, 0.5) is 5.69 Å². The van der Waals surface area contributed by atoms with E-state index >= 15 is 0 Å². The topological polar surface area (TPSA) is 119 Å². The van der Waals surface area contributed by atoms with Crippen LogP contribution in [0.1, 0.15) is 18.4 Å². The van der Waals surface area contributed by atoms with Crippen LogP contribution < -0.4 is 9.46 Å². The lowest BCUT2D eigenvalue weighted by molar-refractivity contribution is -0.384. The predicted molar refractivity (Wildman–Crippen MR) is 110 cm³/mol. The molecular formula is C20H23N3O6S. The Balaban J connectivity index is 1.49. The lowest BCUT2D eigenvalue weighted by atomic mass is 10.1. The summed E-state index contributed by atoms with van der Waals surface area (Å²) < 4.78 is 33.1. The molecule has 10 heteroatoms. The molecule has 1 heterocycles. The summed E-state index contributed by atoms with van der Waals surface area (Å²) in [6.45, 7) is 2.74. The van der Waals surface area contributed by atoms with E-state index in [2.05, 4.69) is 4.72 Å². The van der Waals surface area contributed by atoms with Crippen molar-refractivity contribution in [3.05, 3.63) is 64.2 Å². The number of nitro groups is 1. The van der Waals surface area contributed by atoms with Crippen molar-refractivity contribution in [3.8, 4) is 5.75 Å². The van der Waals surface area contributed by atoms with Crippen molar-refractivity contribution in [2.45, 2.75) is 30.7 Å². The number of piperidine rings is 1. The van der Waals surface area contributed by atoms with E-state index in [4.69, 9.17) is 4.74 Å². The standard InChI is InChI=1S/C20H23N3O6S/c1-15-2-6-18(7-3-15)29-14-20(24)22-12-10-16(11-13-22)21-30(27,28)19-8-4-17(5-9-19)23(25)26/h2-9,16,21H,10-14H2,1H3. The van der Waals surface area contributed by atoms with Gasteiger partial charge in [-0.05, 0) is 44.0 Å². The minimum atomic E-state index is -3.79. The molecule has 1 saturated heterocycles. The molecule has 2 aromatic rings. The SMILES string of the molecule is Cc1ccc(OCC(=O)N2CCC(NS(=O)(=O)c3ccc([N+](=O)[O-])cc3)CC2)cc1. The zero-order chi connectivity index (χ0) is 21.7. The molecule has 0 aromatic heterocycles.